The molecule has 0 aliphatic heterocycles. The van der Waals surface area contributed by atoms with E-state index in [1.54, 1.807) is 11.8 Å². The van der Waals surface area contributed by atoms with Gasteiger partial charge in [-0.05, 0) is 88.6 Å². The van der Waals surface area contributed by atoms with Gasteiger partial charge in [-0.2, -0.15) is 11.8 Å². The molecule has 1 N–H and O–H groups in total. The number of ether oxygens (including phenoxy) is 1. The lowest BCUT2D eigenvalue weighted by Gasteiger charge is -2.26. The van der Waals surface area contributed by atoms with E-state index in [4.69, 9.17) is 4.74 Å². The van der Waals surface area contributed by atoms with Crippen molar-refractivity contribution in [1.29, 1.82) is 0 Å². The summed E-state index contributed by atoms with van der Waals surface area (Å²) in [6, 6.07) is 42.9. The third-order valence-electron chi connectivity index (χ3n) is 8.09. The van der Waals surface area contributed by atoms with Gasteiger partial charge in [-0.1, -0.05) is 103 Å². The smallest absolute Gasteiger partial charge is 0.328 e. The lowest BCUT2D eigenvalue weighted by atomic mass is 9.93. The van der Waals surface area contributed by atoms with E-state index in [2.05, 4.69) is 102 Å². The first-order valence-corrected chi connectivity index (χ1v) is 16.9. The van der Waals surface area contributed by atoms with Crippen LogP contribution in [0.15, 0.2) is 127 Å². The van der Waals surface area contributed by atoms with E-state index in [-0.39, 0.29) is 5.91 Å². The van der Waals surface area contributed by atoms with Crippen molar-refractivity contribution in [2.45, 2.75) is 32.5 Å². The van der Waals surface area contributed by atoms with Crippen LogP contribution < -0.4 is 10.2 Å². The fourth-order valence-electron chi connectivity index (χ4n) is 5.60. The van der Waals surface area contributed by atoms with Crippen LogP contribution in [0.25, 0.3) is 22.3 Å². The van der Waals surface area contributed by atoms with Crippen LogP contribution in [0.3, 0.4) is 0 Å². The average molecular weight is 629 g/mol. The highest BCUT2D eigenvalue weighted by Crippen LogP contribution is 2.30. The van der Waals surface area contributed by atoms with Gasteiger partial charge in [0.2, 0.25) is 0 Å². The van der Waals surface area contributed by atoms with Crippen molar-refractivity contribution in [3.63, 3.8) is 0 Å². The van der Waals surface area contributed by atoms with E-state index >= 15 is 0 Å². The number of benzene rings is 5. The third-order valence-corrected chi connectivity index (χ3v) is 8.74. The SMILES string of the molecule is COC(=O)C(CCSC)NC(=O)c1ccc(CN(Cc2ccc(-c3ccccc3)cc2)c2ccccc2)cc1-c1ccccc1C. The highest BCUT2D eigenvalue weighted by Gasteiger charge is 2.24. The van der Waals surface area contributed by atoms with Crippen LogP contribution in [0.4, 0.5) is 5.69 Å². The Kier molecular flexibility index (Phi) is 11.3. The molecule has 1 unspecified atom stereocenters. The van der Waals surface area contributed by atoms with E-state index in [1.165, 1.54) is 23.8 Å². The molecule has 1 atom stereocenters. The number of nitrogens with zero attached hydrogens (tertiary/aromatic N) is 1. The van der Waals surface area contributed by atoms with Gasteiger partial charge in [0, 0.05) is 24.3 Å². The monoisotopic (exact) mass is 628 g/mol. The fourth-order valence-corrected chi connectivity index (χ4v) is 6.07. The molecule has 5 aromatic rings. The van der Waals surface area contributed by atoms with E-state index in [0.717, 1.165) is 40.2 Å². The molecule has 0 bridgehead atoms. The number of nitrogens with one attached hydrogen (secondary N) is 1. The quantitative estimate of drug-likeness (QED) is 0.132. The Morgan fingerprint density at radius 3 is 2.02 bits per heavy atom. The van der Waals surface area contributed by atoms with E-state index < -0.39 is 12.0 Å². The van der Waals surface area contributed by atoms with Crippen LogP contribution in [0.1, 0.15) is 33.5 Å². The number of rotatable bonds is 13. The molecule has 1 amide bonds. The highest BCUT2D eigenvalue weighted by atomic mass is 32.2. The number of thioether (sulfide) groups is 1. The molecule has 5 rings (SSSR count). The molecule has 0 aliphatic carbocycles. The second-order valence-corrected chi connectivity index (χ2v) is 12.3. The topological polar surface area (TPSA) is 58.6 Å². The van der Waals surface area contributed by atoms with Gasteiger partial charge in [0.1, 0.15) is 6.04 Å². The normalized spacial score (nSPS) is 11.5. The van der Waals surface area contributed by atoms with E-state index in [9.17, 15) is 9.59 Å². The predicted octanol–water partition coefficient (Wildman–Crippen LogP) is 8.56. The minimum atomic E-state index is -0.712. The molecule has 0 saturated heterocycles. The minimum Gasteiger partial charge on any atom is -0.467 e. The lowest BCUT2D eigenvalue weighted by molar-refractivity contribution is -0.142. The molecule has 0 spiro atoms. The summed E-state index contributed by atoms with van der Waals surface area (Å²) in [7, 11) is 1.35. The van der Waals surface area contributed by atoms with Crippen LogP contribution in [0.5, 0.6) is 0 Å². The van der Waals surface area contributed by atoms with Gasteiger partial charge in [-0.3, -0.25) is 4.79 Å². The zero-order chi connectivity index (χ0) is 32.3. The van der Waals surface area contributed by atoms with Crippen LogP contribution in [0, 0.1) is 6.92 Å². The Morgan fingerprint density at radius 1 is 0.739 bits per heavy atom. The molecule has 0 aromatic heterocycles. The Morgan fingerprint density at radius 2 is 1.35 bits per heavy atom. The van der Waals surface area contributed by atoms with Gasteiger partial charge in [0.25, 0.3) is 5.91 Å². The molecule has 0 radical (unpaired) electrons. The number of carbonyl (C=O) groups excluding carboxylic acids is 2. The molecule has 234 valence electrons. The first-order valence-electron chi connectivity index (χ1n) is 15.5. The Labute approximate surface area is 276 Å². The number of hydrogen-bond donors (Lipinski definition) is 1. The summed E-state index contributed by atoms with van der Waals surface area (Å²) in [5, 5.41) is 2.95. The molecule has 0 fully saturated rings. The summed E-state index contributed by atoms with van der Waals surface area (Å²) in [4.78, 5) is 28.6. The second-order valence-electron chi connectivity index (χ2n) is 11.3. The molecule has 5 aromatic carbocycles. The summed E-state index contributed by atoms with van der Waals surface area (Å²) in [5.41, 5.74) is 9.20. The van der Waals surface area contributed by atoms with Gasteiger partial charge in [0.05, 0.1) is 7.11 Å². The molecule has 46 heavy (non-hydrogen) atoms. The number of methoxy groups -OCH3 is 1. The number of anilines is 1. The first kappa shape index (κ1) is 32.6. The van der Waals surface area contributed by atoms with Crippen LogP contribution in [-0.4, -0.2) is 37.0 Å². The minimum absolute atomic E-state index is 0.292. The van der Waals surface area contributed by atoms with Crippen molar-refractivity contribution in [2.24, 2.45) is 0 Å². The Bertz CT molecular complexity index is 1740. The molecule has 6 heteroatoms. The maximum absolute atomic E-state index is 13.7. The van der Waals surface area contributed by atoms with Gasteiger partial charge in [-0.15, -0.1) is 0 Å². The molecule has 5 nitrogen and oxygen atoms in total. The zero-order valence-corrected chi connectivity index (χ0v) is 27.4. The number of aryl methyl sites for hydroxylation is 1. The summed E-state index contributed by atoms with van der Waals surface area (Å²) in [6.07, 6.45) is 2.47. The number of amides is 1. The number of carbonyl (C=O) groups is 2. The molecular formula is C40H40N2O3S. The number of para-hydroxylation sites is 1. The first-order chi connectivity index (χ1) is 22.5. The van der Waals surface area contributed by atoms with E-state index in [0.29, 0.717) is 18.5 Å². The molecular weight excluding hydrogens is 589 g/mol. The van der Waals surface area contributed by atoms with Crippen LogP contribution in [-0.2, 0) is 22.6 Å². The average Bonchev–Trinajstić information content (AvgIpc) is 3.10. The molecule has 0 heterocycles. The van der Waals surface area contributed by atoms with Crippen molar-refractivity contribution in [3.8, 4) is 22.3 Å². The van der Waals surface area contributed by atoms with Crippen LogP contribution in [0.2, 0.25) is 0 Å². The van der Waals surface area contributed by atoms with E-state index in [1.807, 2.05) is 48.7 Å². The summed E-state index contributed by atoms with van der Waals surface area (Å²) in [5.74, 6) is -0.00000164. The number of hydrogen-bond acceptors (Lipinski definition) is 5. The van der Waals surface area contributed by atoms with Gasteiger partial charge in [0.15, 0.2) is 0 Å². The largest absolute Gasteiger partial charge is 0.467 e. The van der Waals surface area contributed by atoms with Gasteiger partial charge in [-0.25, -0.2) is 4.79 Å². The van der Waals surface area contributed by atoms with Crippen molar-refractivity contribution in [3.05, 3.63) is 150 Å². The van der Waals surface area contributed by atoms with Gasteiger partial charge >= 0.3 is 5.97 Å². The standard InChI is InChI=1S/C40H40N2O3S/c1-29-12-10-11-17-35(29)37-26-31(20-23-36(37)39(43)41-38(24-25-46-3)40(44)45-2)28-42(34-15-8-5-9-16-34)27-30-18-21-33(22-19-30)32-13-6-4-7-14-32/h4-23,26,38H,24-25,27-28H2,1-3H3,(H,41,43). The van der Waals surface area contributed by atoms with Crippen molar-refractivity contribution in [1.82, 2.24) is 5.32 Å². The van der Waals surface area contributed by atoms with Crippen molar-refractivity contribution in [2.75, 3.05) is 24.0 Å². The summed E-state index contributed by atoms with van der Waals surface area (Å²) in [6.45, 7) is 3.41. The third kappa shape index (κ3) is 8.26. The maximum Gasteiger partial charge on any atom is 0.328 e. The van der Waals surface area contributed by atoms with Gasteiger partial charge < -0.3 is 15.0 Å². The maximum atomic E-state index is 13.7. The van der Waals surface area contributed by atoms with Crippen LogP contribution >= 0.6 is 11.8 Å². The lowest BCUT2D eigenvalue weighted by Crippen LogP contribution is -2.42. The van der Waals surface area contributed by atoms with Crippen molar-refractivity contribution < 1.29 is 14.3 Å². The fraction of sp³-hybridized carbons (Fsp3) is 0.200. The zero-order valence-electron chi connectivity index (χ0n) is 26.6. The molecule has 0 saturated carbocycles. The van der Waals surface area contributed by atoms with Crippen molar-refractivity contribution >= 4 is 29.3 Å². The predicted molar refractivity (Wildman–Crippen MR) is 191 cm³/mol. The Balaban J connectivity index is 1.46. The highest BCUT2D eigenvalue weighted by molar-refractivity contribution is 7.98. The number of esters is 1. The summed E-state index contributed by atoms with van der Waals surface area (Å²) < 4.78 is 4.99. The second kappa shape index (κ2) is 16.0. The Hall–Kier alpha value is -4.81. The summed E-state index contributed by atoms with van der Waals surface area (Å²) >= 11 is 1.62. The molecule has 0 aliphatic rings.